The van der Waals surface area contributed by atoms with Crippen molar-refractivity contribution in [3.05, 3.63) is 71.0 Å². The SMILES string of the molecule is COc1ncccc1-c1c[nH]c(=O)c(N2CCOC3(COC3)[C@@H]2C)c1.C[C@@H]1CCCN1c1nc(C(F)(F)F)nc2c1oc1ccccc12.OO. The third kappa shape index (κ3) is 6.46. The zero-order valence-corrected chi connectivity index (χ0v) is 27.6. The van der Waals surface area contributed by atoms with E-state index < -0.39 is 12.0 Å². The standard InChI is InChI=1S/C18H21N3O4.C16H14F3N3O.H2O2/c1-12-18(10-24-11-18)25-7-6-21(12)15-8-13(9-20-16(15)22)14-4-3-5-19-17(14)23-2;1-9-5-4-8-22(9)14-13-12(20-15(21-14)16(17,18)19)10-6-2-3-7-11(10)23-13;1-2/h3-5,8-9,12H,6-7,10-11H2,1-2H3,(H,20,22);2-3,6-7,9H,4-5,8H2,1H3;1-2H/t12-;9-;/m01./s1. The van der Waals surface area contributed by atoms with Gasteiger partial charge in [-0.3, -0.25) is 15.3 Å². The van der Waals surface area contributed by atoms with Crippen LogP contribution in [-0.4, -0.2) is 88.2 Å². The number of benzene rings is 1. The lowest BCUT2D eigenvalue weighted by molar-refractivity contribution is -0.228. The molecule has 3 aliphatic rings. The number of furan rings is 1. The fourth-order valence-electron chi connectivity index (χ4n) is 6.66. The Morgan fingerprint density at radius 2 is 1.84 bits per heavy atom. The fraction of sp³-hybridized carbons (Fsp3) is 0.412. The first kappa shape index (κ1) is 35.1. The predicted molar refractivity (Wildman–Crippen MR) is 179 cm³/mol. The number of fused-ring (bicyclic) bond motifs is 3. The van der Waals surface area contributed by atoms with Crippen molar-refractivity contribution < 1.29 is 42.3 Å². The zero-order valence-electron chi connectivity index (χ0n) is 27.6. The molecule has 1 spiro atoms. The van der Waals surface area contributed by atoms with Crippen LogP contribution < -0.4 is 20.1 Å². The monoisotopic (exact) mass is 698 g/mol. The molecule has 0 bridgehead atoms. The van der Waals surface area contributed by atoms with Gasteiger partial charge in [0.2, 0.25) is 11.7 Å². The Hall–Kier alpha value is -4.77. The van der Waals surface area contributed by atoms with Crippen LogP contribution in [0.15, 0.2) is 64.1 Å². The smallest absolute Gasteiger partial charge is 0.451 e. The van der Waals surface area contributed by atoms with Crippen LogP contribution in [0.5, 0.6) is 5.88 Å². The Balaban J connectivity index is 0.000000165. The van der Waals surface area contributed by atoms with Crippen LogP contribution in [0, 0.1) is 0 Å². The minimum absolute atomic E-state index is 0.0575. The number of aromatic amines is 1. The minimum atomic E-state index is -4.59. The summed E-state index contributed by atoms with van der Waals surface area (Å²) in [6.45, 7) is 7.11. The average Bonchev–Trinajstić information content (AvgIpc) is 3.71. The zero-order chi connectivity index (χ0) is 35.6. The number of nitrogens with zero attached hydrogens (tertiary/aromatic N) is 5. The van der Waals surface area contributed by atoms with Gasteiger partial charge in [-0.05, 0) is 57.0 Å². The number of para-hydroxylation sites is 1. The van der Waals surface area contributed by atoms with Crippen LogP contribution in [0.3, 0.4) is 0 Å². The lowest BCUT2D eigenvalue weighted by atomic mass is 9.90. The summed E-state index contributed by atoms with van der Waals surface area (Å²) in [5, 5.41) is 12.6. The summed E-state index contributed by atoms with van der Waals surface area (Å²) in [7, 11) is 1.59. The molecule has 1 aromatic carbocycles. The summed E-state index contributed by atoms with van der Waals surface area (Å²) < 4.78 is 62.1. The summed E-state index contributed by atoms with van der Waals surface area (Å²) in [5.74, 6) is -0.353. The summed E-state index contributed by atoms with van der Waals surface area (Å²) in [6, 6.07) is 12.8. The van der Waals surface area contributed by atoms with Crippen molar-refractivity contribution in [1.29, 1.82) is 0 Å². The number of pyridine rings is 2. The molecule has 3 aliphatic heterocycles. The van der Waals surface area contributed by atoms with Crippen molar-refractivity contribution in [1.82, 2.24) is 19.9 Å². The maximum atomic E-state index is 13.2. The van der Waals surface area contributed by atoms with Crippen LogP contribution in [0.4, 0.5) is 24.7 Å². The lowest BCUT2D eigenvalue weighted by Gasteiger charge is -2.53. The molecule has 0 aliphatic carbocycles. The Morgan fingerprint density at radius 1 is 1.06 bits per heavy atom. The highest BCUT2D eigenvalue weighted by Crippen LogP contribution is 2.39. The number of halogens is 3. The number of nitrogens with one attached hydrogen (secondary N) is 1. The molecule has 7 heterocycles. The summed E-state index contributed by atoms with van der Waals surface area (Å²) >= 11 is 0. The molecule has 266 valence electrons. The highest BCUT2D eigenvalue weighted by molar-refractivity contribution is 6.05. The second kappa shape index (κ2) is 14.2. The van der Waals surface area contributed by atoms with Gasteiger partial charge in [-0.1, -0.05) is 12.1 Å². The number of hydrogen-bond acceptors (Lipinski definition) is 12. The first-order valence-corrected chi connectivity index (χ1v) is 16.0. The quantitative estimate of drug-likeness (QED) is 0.152. The Labute approximate surface area is 284 Å². The number of H-pyrrole nitrogens is 1. The Bertz CT molecular complexity index is 2020. The molecule has 3 fully saturated rings. The van der Waals surface area contributed by atoms with E-state index in [9.17, 15) is 18.0 Å². The molecule has 2 atom stereocenters. The number of aromatic nitrogens is 4. The first-order chi connectivity index (χ1) is 24.1. The van der Waals surface area contributed by atoms with Gasteiger partial charge in [-0.15, -0.1) is 0 Å². The van der Waals surface area contributed by atoms with E-state index in [0.717, 1.165) is 24.0 Å². The third-order valence-corrected chi connectivity index (χ3v) is 9.39. The van der Waals surface area contributed by atoms with E-state index >= 15 is 0 Å². The van der Waals surface area contributed by atoms with Gasteiger partial charge >= 0.3 is 6.18 Å². The number of alkyl halides is 3. The first-order valence-electron chi connectivity index (χ1n) is 16.0. The number of methoxy groups -OCH3 is 1. The minimum Gasteiger partial charge on any atom is -0.481 e. The molecule has 0 amide bonds. The average molecular weight is 699 g/mol. The number of anilines is 2. The summed E-state index contributed by atoms with van der Waals surface area (Å²) in [5.41, 5.74) is 2.96. The van der Waals surface area contributed by atoms with Gasteiger partial charge in [-0.2, -0.15) is 13.2 Å². The fourth-order valence-corrected chi connectivity index (χ4v) is 6.66. The van der Waals surface area contributed by atoms with E-state index in [2.05, 4.69) is 31.8 Å². The second-order valence-corrected chi connectivity index (χ2v) is 12.3. The maximum Gasteiger partial charge on any atom is 0.451 e. The van der Waals surface area contributed by atoms with Crippen molar-refractivity contribution in [3.8, 4) is 17.0 Å². The second-order valence-electron chi connectivity index (χ2n) is 12.3. The largest absolute Gasteiger partial charge is 0.481 e. The Kier molecular flexibility index (Phi) is 9.98. The van der Waals surface area contributed by atoms with Crippen LogP contribution in [0.2, 0.25) is 0 Å². The molecule has 50 heavy (non-hydrogen) atoms. The topological polar surface area (TPSA) is 159 Å². The van der Waals surface area contributed by atoms with Gasteiger partial charge in [0.1, 0.15) is 22.4 Å². The van der Waals surface area contributed by atoms with E-state index in [-0.39, 0.29) is 34.6 Å². The molecule has 8 rings (SSSR count). The highest BCUT2D eigenvalue weighted by Gasteiger charge is 2.50. The highest BCUT2D eigenvalue weighted by atomic mass is 19.4. The molecular formula is C34H37F3N6O7. The van der Waals surface area contributed by atoms with Crippen molar-refractivity contribution in [2.24, 2.45) is 0 Å². The van der Waals surface area contributed by atoms with Gasteiger partial charge < -0.3 is 33.4 Å². The van der Waals surface area contributed by atoms with Crippen molar-refractivity contribution in [2.45, 2.75) is 50.6 Å². The van der Waals surface area contributed by atoms with Gasteiger partial charge in [0.15, 0.2) is 11.4 Å². The van der Waals surface area contributed by atoms with E-state index in [1.165, 1.54) is 0 Å². The predicted octanol–water partition coefficient (Wildman–Crippen LogP) is 5.84. The molecule has 3 saturated heterocycles. The van der Waals surface area contributed by atoms with Crippen LogP contribution in [-0.2, 0) is 15.7 Å². The molecule has 13 nitrogen and oxygen atoms in total. The van der Waals surface area contributed by atoms with Crippen LogP contribution in [0.25, 0.3) is 33.2 Å². The Morgan fingerprint density at radius 3 is 2.52 bits per heavy atom. The van der Waals surface area contributed by atoms with Gasteiger partial charge in [0.05, 0.1) is 33.0 Å². The lowest BCUT2D eigenvalue weighted by Crippen LogP contribution is -2.68. The number of morpholine rings is 1. The van der Waals surface area contributed by atoms with E-state index in [0.29, 0.717) is 61.0 Å². The maximum absolute atomic E-state index is 13.2. The molecule has 5 aromatic rings. The van der Waals surface area contributed by atoms with Crippen molar-refractivity contribution in [3.63, 3.8) is 0 Å². The molecule has 4 aromatic heterocycles. The molecule has 0 radical (unpaired) electrons. The molecule has 0 saturated carbocycles. The van der Waals surface area contributed by atoms with Gasteiger partial charge in [0.25, 0.3) is 5.56 Å². The van der Waals surface area contributed by atoms with Crippen LogP contribution >= 0.6 is 0 Å². The molecule has 16 heteroatoms. The van der Waals surface area contributed by atoms with E-state index in [1.54, 1.807) is 43.8 Å². The van der Waals surface area contributed by atoms with E-state index in [4.69, 9.17) is 29.1 Å². The van der Waals surface area contributed by atoms with E-state index in [1.807, 2.05) is 30.0 Å². The van der Waals surface area contributed by atoms with Gasteiger partial charge in [-0.25, -0.2) is 15.0 Å². The molecule has 0 unspecified atom stereocenters. The summed E-state index contributed by atoms with van der Waals surface area (Å²) in [6.07, 6.45) is 0.629. The number of ether oxygens (including phenoxy) is 3. The summed E-state index contributed by atoms with van der Waals surface area (Å²) in [4.78, 5) is 31.1. The normalized spacial score (nSPS) is 19.8. The molecular weight excluding hydrogens is 661 g/mol. The number of rotatable bonds is 4. The molecule has 3 N–H and O–H groups in total. The van der Waals surface area contributed by atoms with Crippen molar-refractivity contribution >= 4 is 33.6 Å². The van der Waals surface area contributed by atoms with Gasteiger partial charge in [0, 0.05) is 48.0 Å². The number of hydrogen-bond donors (Lipinski definition) is 3. The third-order valence-electron chi connectivity index (χ3n) is 9.39. The van der Waals surface area contributed by atoms with Crippen LogP contribution in [0.1, 0.15) is 32.5 Å². The van der Waals surface area contributed by atoms with Crippen molar-refractivity contribution in [2.75, 3.05) is 49.8 Å².